The van der Waals surface area contributed by atoms with Gasteiger partial charge in [-0.15, -0.1) is 11.3 Å². The van der Waals surface area contributed by atoms with Crippen molar-refractivity contribution < 1.29 is 14.3 Å². The van der Waals surface area contributed by atoms with Gasteiger partial charge in [-0.3, -0.25) is 14.3 Å². The maximum Gasteiger partial charge on any atom is 0.273 e. The van der Waals surface area contributed by atoms with Crippen LogP contribution >= 0.6 is 11.3 Å². The van der Waals surface area contributed by atoms with Gasteiger partial charge in [0, 0.05) is 13.1 Å². The van der Waals surface area contributed by atoms with Crippen LogP contribution in [0.15, 0.2) is 78.2 Å². The zero-order valence-corrected chi connectivity index (χ0v) is 20.4. The van der Waals surface area contributed by atoms with Crippen molar-refractivity contribution in [2.24, 2.45) is 0 Å². The molecule has 0 saturated carbocycles. The van der Waals surface area contributed by atoms with Crippen molar-refractivity contribution in [1.82, 2.24) is 20.0 Å². The molecule has 0 radical (unpaired) electrons. The molecule has 4 aromatic rings. The van der Waals surface area contributed by atoms with E-state index in [1.54, 1.807) is 35.0 Å². The molecule has 3 heterocycles. The van der Waals surface area contributed by atoms with Gasteiger partial charge >= 0.3 is 0 Å². The minimum Gasteiger partial charge on any atom is -0.497 e. The number of carbonyl (C=O) groups is 2. The van der Waals surface area contributed by atoms with Gasteiger partial charge in [-0.1, -0.05) is 48.5 Å². The summed E-state index contributed by atoms with van der Waals surface area (Å²) in [5.41, 5.74) is 1.95. The summed E-state index contributed by atoms with van der Waals surface area (Å²) in [4.78, 5) is 30.1. The molecular formula is C27H26N4O3S. The van der Waals surface area contributed by atoms with Gasteiger partial charge in [0.25, 0.3) is 5.91 Å². The number of amides is 2. The normalized spacial score (nSPS) is 17.2. The minimum atomic E-state index is -1.14. The zero-order valence-electron chi connectivity index (χ0n) is 19.6. The number of aromatic nitrogens is 2. The second-order valence-corrected chi connectivity index (χ2v) is 9.68. The number of nitrogens with zero attached hydrogens (tertiary/aromatic N) is 3. The highest BCUT2D eigenvalue weighted by molar-refractivity contribution is 7.13. The van der Waals surface area contributed by atoms with Gasteiger partial charge in [-0.25, -0.2) is 0 Å². The number of hydrogen-bond acceptors (Lipinski definition) is 5. The average Bonchev–Trinajstić information content (AvgIpc) is 3.56. The van der Waals surface area contributed by atoms with Crippen molar-refractivity contribution >= 4 is 23.2 Å². The lowest BCUT2D eigenvalue weighted by atomic mass is 9.94. The Morgan fingerprint density at radius 2 is 1.89 bits per heavy atom. The second-order valence-electron chi connectivity index (χ2n) is 8.73. The molecule has 178 valence electrons. The van der Waals surface area contributed by atoms with Gasteiger partial charge in [0.05, 0.1) is 18.5 Å². The summed E-state index contributed by atoms with van der Waals surface area (Å²) >= 11 is 1.57. The number of carbonyl (C=O) groups excluding carboxylic acids is 2. The Kier molecular flexibility index (Phi) is 6.13. The Hall–Kier alpha value is -3.91. The third-order valence-corrected chi connectivity index (χ3v) is 7.22. The molecule has 2 amide bonds. The van der Waals surface area contributed by atoms with E-state index in [9.17, 15) is 9.59 Å². The van der Waals surface area contributed by atoms with Crippen molar-refractivity contribution in [2.75, 3.05) is 7.11 Å². The van der Waals surface area contributed by atoms with E-state index >= 15 is 0 Å². The van der Waals surface area contributed by atoms with Crippen molar-refractivity contribution in [3.8, 4) is 16.3 Å². The van der Waals surface area contributed by atoms with E-state index in [0.29, 0.717) is 18.0 Å². The highest BCUT2D eigenvalue weighted by atomic mass is 32.1. The predicted octanol–water partition coefficient (Wildman–Crippen LogP) is 4.35. The maximum absolute atomic E-state index is 13.8. The third kappa shape index (κ3) is 4.44. The molecule has 0 fully saturated rings. The average molecular weight is 487 g/mol. The van der Waals surface area contributed by atoms with Crippen LogP contribution in [-0.2, 0) is 24.4 Å². The van der Waals surface area contributed by atoms with Crippen LogP contribution in [0.2, 0.25) is 0 Å². The molecule has 2 aromatic heterocycles. The Morgan fingerprint density at radius 3 is 2.63 bits per heavy atom. The lowest BCUT2D eigenvalue weighted by molar-refractivity contribution is -0.133. The smallest absolute Gasteiger partial charge is 0.273 e. The first kappa shape index (κ1) is 22.9. The number of fused-ring (bicyclic) bond motifs is 1. The van der Waals surface area contributed by atoms with Gasteiger partial charge in [0.1, 0.15) is 22.7 Å². The lowest BCUT2D eigenvalue weighted by Crippen LogP contribution is -2.63. The van der Waals surface area contributed by atoms with Crippen LogP contribution in [0.4, 0.5) is 0 Å². The fraction of sp³-hybridized carbons (Fsp3) is 0.222. The zero-order chi connectivity index (χ0) is 24.4. The van der Waals surface area contributed by atoms with E-state index in [-0.39, 0.29) is 24.9 Å². The molecule has 1 aliphatic heterocycles. The molecule has 7 nitrogen and oxygen atoms in total. The molecule has 8 heteroatoms. The molecule has 2 aromatic carbocycles. The fourth-order valence-corrected chi connectivity index (χ4v) is 5.04. The summed E-state index contributed by atoms with van der Waals surface area (Å²) in [5.74, 6) is 0.246. The molecule has 0 bridgehead atoms. The number of hydrogen-bond donors (Lipinski definition) is 1. The monoisotopic (exact) mass is 486 g/mol. The van der Waals surface area contributed by atoms with Crippen LogP contribution in [0.1, 0.15) is 28.5 Å². The van der Waals surface area contributed by atoms with Crippen LogP contribution in [0.5, 0.6) is 5.75 Å². The van der Waals surface area contributed by atoms with Crippen LogP contribution in [0, 0.1) is 0 Å². The molecule has 0 unspecified atom stereocenters. The number of ether oxygens (including phenoxy) is 1. The quantitative estimate of drug-likeness (QED) is 0.421. The molecule has 0 aliphatic carbocycles. The topological polar surface area (TPSA) is 76.5 Å². The van der Waals surface area contributed by atoms with E-state index < -0.39 is 5.54 Å². The molecule has 1 atom stereocenters. The Balaban J connectivity index is 1.50. The Bertz CT molecular complexity index is 1350. The van der Waals surface area contributed by atoms with Gasteiger partial charge in [-0.2, -0.15) is 5.10 Å². The van der Waals surface area contributed by atoms with Gasteiger partial charge < -0.3 is 15.0 Å². The van der Waals surface area contributed by atoms with E-state index in [1.165, 1.54) is 0 Å². The van der Waals surface area contributed by atoms with Crippen LogP contribution in [-0.4, -0.2) is 39.1 Å². The van der Waals surface area contributed by atoms with E-state index in [0.717, 1.165) is 21.7 Å². The largest absolute Gasteiger partial charge is 0.497 e. The van der Waals surface area contributed by atoms with Gasteiger partial charge in [0.15, 0.2) is 0 Å². The van der Waals surface area contributed by atoms with E-state index in [1.807, 2.05) is 78.2 Å². The number of benzene rings is 2. The molecule has 5 rings (SSSR count). The van der Waals surface area contributed by atoms with Crippen molar-refractivity contribution in [2.45, 2.75) is 32.1 Å². The maximum atomic E-state index is 13.8. The van der Waals surface area contributed by atoms with E-state index in [4.69, 9.17) is 4.74 Å². The van der Waals surface area contributed by atoms with Crippen LogP contribution < -0.4 is 10.1 Å². The molecular weight excluding hydrogens is 460 g/mol. The standard InChI is InChI=1S/C27H26N4O3S/c1-27(26(33)28-16-19-8-4-3-5-9-19)18-31-23(15-22(29-31)24-12-7-13-35-24)25(32)30(27)17-20-10-6-11-21(14-20)34-2/h3-15H,16-18H2,1-2H3,(H,28,33)/t27-/m0/s1. The molecule has 1 aliphatic rings. The first-order chi connectivity index (χ1) is 17.0. The predicted molar refractivity (Wildman–Crippen MR) is 135 cm³/mol. The molecule has 0 saturated heterocycles. The van der Waals surface area contributed by atoms with Crippen LogP contribution in [0.25, 0.3) is 10.6 Å². The SMILES string of the molecule is COc1cccc(CN2C(=O)c3cc(-c4cccs4)nn3C[C@@]2(C)C(=O)NCc2ccccc2)c1. The Morgan fingerprint density at radius 1 is 1.09 bits per heavy atom. The summed E-state index contributed by atoms with van der Waals surface area (Å²) in [6.07, 6.45) is 0. The Labute approximate surface area is 208 Å². The molecule has 1 N–H and O–H groups in total. The van der Waals surface area contributed by atoms with Gasteiger partial charge in [-0.05, 0) is 47.7 Å². The minimum absolute atomic E-state index is 0.226. The molecule has 0 spiro atoms. The second kappa shape index (κ2) is 9.38. The van der Waals surface area contributed by atoms with E-state index in [2.05, 4.69) is 10.4 Å². The summed E-state index contributed by atoms with van der Waals surface area (Å²) in [6.45, 7) is 2.71. The molecule has 35 heavy (non-hydrogen) atoms. The van der Waals surface area contributed by atoms with Crippen molar-refractivity contribution in [1.29, 1.82) is 0 Å². The van der Waals surface area contributed by atoms with Crippen molar-refractivity contribution in [3.05, 3.63) is 95.0 Å². The highest BCUT2D eigenvalue weighted by Crippen LogP contribution is 2.33. The number of thiophene rings is 1. The summed E-state index contributed by atoms with van der Waals surface area (Å²) < 4.78 is 7.03. The number of rotatable bonds is 7. The summed E-state index contributed by atoms with van der Waals surface area (Å²) in [6, 6.07) is 23.0. The summed E-state index contributed by atoms with van der Waals surface area (Å²) in [5, 5.41) is 9.70. The van der Waals surface area contributed by atoms with Crippen LogP contribution in [0.3, 0.4) is 0 Å². The number of methoxy groups -OCH3 is 1. The van der Waals surface area contributed by atoms with Gasteiger partial charge in [0.2, 0.25) is 5.91 Å². The number of nitrogens with one attached hydrogen (secondary N) is 1. The first-order valence-corrected chi connectivity index (χ1v) is 12.2. The first-order valence-electron chi connectivity index (χ1n) is 11.4. The van der Waals surface area contributed by atoms with Crippen molar-refractivity contribution in [3.63, 3.8) is 0 Å². The highest BCUT2D eigenvalue weighted by Gasteiger charge is 2.48. The lowest BCUT2D eigenvalue weighted by Gasteiger charge is -2.43. The summed E-state index contributed by atoms with van der Waals surface area (Å²) in [7, 11) is 1.61. The third-order valence-electron chi connectivity index (χ3n) is 6.33. The fourth-order valence-electron chi connectivity index (χ4n) is 4.36.